The van der Waals surface area contributed by atoms with Crippen LogP contribution in [0.25, 0.3) is 0 Å². The molecular weight excluding hydrogens is 255 g/mol. The summed E-state index contributed by atoms with van der Waals surface area (Å²) in [7, 11) is 0. The van der Waals surface area contributed by atoms with Gasteiger partial charge in [0.1, 0.15) is 5.69 Å². The van der Waals surface area contributed by atoms with Gasteiger partial charge in [0.05, 0.1) is 0 Å². The van der Waals surface area contributed by atoms with Crippen LogP contribution >= 0.6 is 0 Å². The molecule has 2 aliphatic rings. The minimum absolute atomic E-state index is 0.0932. The molecule has 2 aliphatic carbocycles. The van der Waals surface area contributed by atoms with Gasteiger partial charge in [-0.05, 0) is 48.1 Å². The number of aromatic nitrogens is 1. The quantitative estimate of drug-likeness (QED) is 0.843. The zero-order valence-electron chi connectivity index (χ0n) is 12.2. The highest BCUT2D eigenvalue weighted by atomic mass is 19.1. The highest BCUT2D eigenvalue weighted by Crippen LogP contribution is 2.62. The van der Waals surface area contributed by atoms with Crippen molar-refractivity contribution in [1.29, 1.82) is 0 Å². The third kappa shape index (κ3) is 1.93. The van der Waals surface area contributed by atoms with Gasteiger partial charge in [0, 0.05) is 6.04 Å². The van der Waals surface area contributed by atoms with Crippen LogP contribution in [0.5, 0.6) is 0 Å². The van der Waals surface area contributed by atoms with Crippen LogP contribution in [0.15, 0.2) is 18.2 Å². The molecule has 0 radical (unpaired) electrons. The second kappa shape index (κ2) is 4.27. The molecule has 3 rings (SSSR count). The lowest BCUT2D eigenvalue weighted by molar-refractivity contribution is 0.0732. The molecule has 3 atom stereocenters. The molecule has 2 saturated carbocycles. The lowest BCUT2D eigenvalue weighted by Crippen LogP contribution is -2.52. The fourth-order valence-corrected chi connectivity index (χ4v) is 4.40. The number of nitrogens with zero attached hydrogens (tertiary/aromatic N) is 1. The molecule has 20 heavy (non-hydrogen) atoms. The van der Waals surface area contributed by atoms with Gasteiger partial charge in [-0.25, -0.2) is 4.98 Å². The van der Waals surface area contributed by atoms with Gasteiger partial charge in [-0.3, -0.25) is 4.79 Å². The van der Waals surface area contributed by atoms with E-state index in [4.69, 9.17) is 0 Å². The zero-order valence-corrected chi connectivity index (χ0v) is 12.2. The molecule has 2 fully saturated rings. The minimum atomic E-state index is -0.615. The number of carbonyl (C=O) groups is 1. The van der Waals surface area contributed by atoms with Crippen LogP contribution < -0.4 is 5.32 Å². The first kappa shape index (κ1) is 13.5. The number of carbonyl (C=O) groups excluding carboxylic acids is 1. The van der Waals surface area contributed by atoms with Gasteiger partial charge in [-0.15, -0.1) is 0 Å². The summed E-state index contributed by atoms with van der Waals surface area (Å²) in [5, 5.41) is 3.12. The highest BCUT2D eigenvalue weighted by Gasteiger charge is 2.59. The third-order valence-corrected chi connectivity index (χ3v) is 5.49. The standard InChI is InChI=1S/C16H21FN2O/c1-15(2)10-7-8-16(3,9-10)14(15)19-13(20)11-5-4-6-12(17)18-11/h4-6,10,14H,7-9H2,1-3H3,(H,19,20). The summed E-state index contributed by atoms with van der Waals surface area (Å²) in [5.41, 5.74) is 0.416. The normalized spacial score (nSPS) is 34.2. The van der Waals surface area contributed by atoms with E-state index >= 15 is 0 Å². The van der Waals surface area contributed by atoms with Crippen molar-refractivity contribution in [2.75, 3.05) is 0 Å². The number of rotatable bonds is 2. The Morgan fingerprint density at radius 2 is 2.15 bits per heavy atom. The number of hydrogen-bond acceptors (Lipinski definition) is 2. The van der Waals surface area contributed by atoms with Crippen LogP contribution in [0.3, 0.4) is 0 Å². The molecule has 2 bridgehead atoms. The van der Waals surface area contributed by atoms with Crippen molar-refractivity contribution in [3.8, 4) is 0 Å². The molecule has 0 aromatic carbocycles. The van der Waals surface area contributed by atoms with E-state index in [1.54, 1.807) is 6.07 Å². The van der Waals surface area contributed by atoms with Crippen LogP contribution in [-0.4, -0.2) is 16.9 Å². The monoisotopic (exact) mass is 276 g/mol. The maximum absolute atomic E-state index is 13.1. The number of pyridine rings is 1. The van der Waals surface area contributed by atoms with E-state index in [0.29, 0.717) is 5.92 Å². The van der Waals surface area contributed by atoms with Gasteiger partial charge < -0.3 is 5.32 Å². The number of nitrogens with one attached hydrogen (secondary N) is 1. The van der Waals surface area contributed by atoms with Crippen molar-refractivity contribution < 1.29 is 9.18 Å². The van der Waals surface area contributed by atoms with E-state index in [1.165, 1.54) is 25.0 Å². The van der Waals surface area contributed by atoms with Crippen LogP contribution in [-0.2, 0) is 0 Å². The molecule has 1 aromatic heterocycles. The molecule has 3 unspecified atom stereocenters. The first-order valence-electron chi connectivity index (χ1n) is 7.26. The van der Waals surface area contributed by atoms with E-state index < -0.39 is 5.95 Å². The zero-order chi connectivity index (χ0) is 14.5. The van der Waals surface area contributed by atoms with Crippen LogP contribution in [0.1, 0.15) is 50.5 Å². The average Bonchev–Trinajstić information content (AvgIpc) is 2.85. The summed E-state index contributed by atoms with van der Waals surface area (Å²) in [6.45, 7) is 6.71. The maximum Gasteiger partial charge on any atom is 0.270 e. The second-order valence-electron chi connectivity index (χ2n) is 7.17. The number of halogens is 1. The predicted octanol–water partition coefficient (Wildman–Crippen LogP) is 3.17. The summed E-state index contributed by atoms with van der Waals surface area (Å²) in [4.78, 5) is 16.0. The first-order chi connectivity index (χ1) is 9.33. The largest absolute Gasteiger partial charge is 0.347 e. The van der Waals surface area contributed by atoms with E-state index in [0.717, 1.165) is 6.42 Å². The summed E-state index contributed by atoms with van der Waals surface area (Å²) < 4.78 is 13.1. The number of amides is 1. The SMILES string of the molecule is CC12CCC(C1)C(C)(C)C2NC(=O)c1cccc(F)n1. The van der Waals surface area contributed by atoms with Crippen molar-refractivity contribution in [1.82, 2.24) is 10.3 Å². The van der Waals surface area contributed by atoms with Crippen molar-refractivity contribution in [2.45, 2.75) is 46.1 Å². The molecule has 1 aromatic rings. The highest BCUT2D eigenvalue weighted by molar-refractivity contribution is 5.92. The van der Waals surface area contributed by atoms with Crippen molar-refractivity contribution in [3.63, 3.8) is 0 Å². The lowest BCUT2D eigenvalue weighted by Gasteiger charge is -2.43. The Balaban J connectivity index is 1.82. The number of hydrogen-bond donors (Lipinski definition) is 1. The van der Waals surface area contributed by atoms with E-state index in [-0.39, 0.29) is 28.5 Å². The summed E-state index contributed by atoms with van der Waals surface area (Å²) in [5.74, 6) is -0.217. The summed E-state index contributed by atoms with van der Waals surface area (Å²) >= 11 is 0. The maximum atomic E-state index is 13.1. The molecule has 1 N–H and O–H groups in total. The van der Waals surface area contributed by atoms with Gasteiger partial charge in [0.2, 0.25) is 5.95 Å². The van der Waals surface area contributed by atoms with Gasteiger partial charge in [-0.1, -0.05) is 26.8 Å². The van der Waals surface area contributed by atoms with Crippen LogP contribution in [0, 0.1) is 22.7 Å². The predicted molar refractivity (Wildman–Crippen MR) is 74.7 cm³/mol. The molecule has 1 heterocycles. The topological polar surface area (TPSA) is 42.0 Å². The van der Waals surface area contributed by atoms with E-state index in [2.05, 4.69) is 31.1 Å². The first-order valence-corrected chi connectivity index (χ1v) is 7.26. The van der Waals surface area contributed by atoms with Crippen molar-refractivity contribution >= 4 is 5.91 Å². The Bertz CT molecular complexity index is 552. The van der Waals surface area contributed by atoms with Crippen LogP contribution in [0.2, 0.25) is 0 Å². The molecule has 0 spiro atoms. The minimum Gasteiger partial charge on any atom is -0.347 e. The Labute approximate surface area is 119 Å². The molecule has 108 valence electrons. The molecule has 0 aliphatic heterocycles. The van der Waals surface area contributed by atoms with Gasteiger partial charge >= 0.3 is 0 Å². The molecule has 1 amide bonds. The fraction of sp³-hybridized carbons (Fsp3) is 0.625. The summed E-state index contributed by atoms with van der Waals surface area (Å²) in [6, 6.07) is 4.46. The molecule has 0 saturated heterocycles. The molecule has 4 heteroatoms. The van der Waals surface area contributed by atoms with Gasteiger partial charge in [0.25, 0.3) is 5.91 Å². The second-order valence-corrected chi connectivity index (χ2v) is 7.17. The van der Waals surface area contributed by atoms with Crippen molar-refractivity contribution in [2.24, 2.45) is 16.7 Å². The van der Waals surface area contributed by atoms with E-state index in [1.807, 2.05) is 0 Å². The molecule has 3 nitrogen and oxygen atoms in total. The van der Waals surface area contributed by atoms with Crippen molar-refractivity contribution in [3.05, 3.63) is 29.8 Å². The Kier molecular flexibility index (Phi) is 2.89. The van der Waals surface area contributed by atoms with Crippen LogP contribution in [0.4, 0.5) is 4.39 Å². The lowest BCUT2D eigenvalue weighted by atomic mass is 9.68. The summed E-state index contributed by atoms with van der Waals surface area (Å²) in [6.07, 6.45) is 3.57. The average molecular weight is 276 g/mol. The Morgan fingerprint density at radius 3 is 2.75 bits per heavy atom. The smallest absolute Gasteiger partial charge is 0.270 e. The fourth-order valence-electron chi connectivity index (χ4n) is 4.40. The van der Waals surface area contributed by atoms with E-state index in [9.17, 15) is 9.18 Å². The van der Waals surface area contributed by atoms with Gasteiger partial charge in [-0.2, -0.15) is 4.39 Å². The third-order valence-electron chi connectivity index (χ3n) is 5.49. The number of fused-ring (bicyclic) bond motifs is 2. The Morgan fingerprint density at radius 1 is 1.40 bits per heavy atom. The Hall–Kier alpha value is -1.45. The van der Waals surface area contributed by atoms with Gasteiger partial charge in [0.15, 0.2) is 0 Å². The molecular formula is C16H21FN2O.